The van der Waals surface area contributed by atoms with Crippen molar-refractivity contribution in [1.29, 1.82) is 0 Å². The summed E-state index contributed by atoms with van der Waals surface area (Å²) in [5, 5.41) is 0.757. The third-order valence-electron chi connectivity index (χ3n) is 4.14. The molecule has 1 aromatic carbocycles. The molecule has 0 aliphatic rings. The number of para-hydroxylation sites is 1. The van der Waals surface area contributed by atoms with Crippen LogP contribution in [0.2, 0.25) is 0 Å². The smallest absolute Gasteiger partial charge is 0.263 e. The minimum Gasteiger partial charge on any atom is -0.345 e. The molecule has 132 valence electrons. The largest absolute Gasteiger partial charge is 0.345 e. The highest BCUT2D eigenvalue weighted by atomic mass is 32.2. The molecule has 0 radical (unpaired) electrons. The molecular weight excluding hydrogens is 361 g/mol. The summed E-state index contributed by atoms with van der Waals surface area (Å²) in [4.78, 5) is 5.69. The predicted molar refractivity (Wildman–Crippen MR) is 97.9 cm³/mol. The fraction of sp³-hybridized carbons (Fsp3) is 0.235. The van der Waals surface area contributed by atoms with Crippen LogP contribution in [-0.2, 0) is 17.1 Å². The molecule has 8 heteroatoms. The number of hydrogen-bond acceptors (Lipinski definition) is 4. The van der Waals surface area contributed by atoms with E-state index in [1.54, 1.807) is 30.7 Å². The van der Waals surface area contributed by atoms with Gasteiger partial charge in [-0.3, -0.25) is 4.72 Å². The van der Waals surface area contributed by atoms with Crippen molar-refractivity contribution in [3.63, 3.8) is 0 Å². The zero-order valence-electron chi connectivity index (χ0n) is 14.3. The molecule has 2 heterocycles. The average Bonchev–Trinajstić information content (AvgIpc) is 3.03. The Morgan fingerprint density at radius 1 is 1.20 bits per heavy atom. The summed E-state index contributed by atoms with van der Waals surface area (Å²) >= 11 is 1.51. The molecule has 0 saturated carbocycles. The van der Waals surface area contributed by atoms with Gasteiger partial charge in [-0.1, -0.05) is 12.1 Å². The molecule has 1 N–H and O–H groups in total. The number of nitrogens with zero attached hydrogens (tertiary/aromatic N) is 2. The Labute approximate surface area is 150 Å². The normalized spacial score (nSPS) is 11.7. The maximum Gasteiger partial charge on any atom is 0.263 e. The van der Waals surface area contributed by atoms with Crippen LogP contribution >= 0.6 is 11.3 Å². The first kappa shape index (κ1) is 17.6. The Morgan fingerprint density at radius 2 is 1.88 bits per heavy atom. The monoisotopic (exact) mass is 379 g/mol. The van der Waals surface area contributed by atoms with Crippen molar-refractivity contribution < 1.29 is 12.8 Å². The van der Waals surface area contributed by atoms with E-state index in [9.17, 15) is 12.8 Å². The summed E-state index contributed by atoms with van der Waals surface area (Å²) in [6.45, 7) is 5.61. The van der Waals surface area contributed by atoms with Gasteiger partial charge in [0.2, 0.25) is 0 Å². The van der Waals surface area contributed by atoms with E-state index in [4.69, 9.17) is 0 Å². The Balaban J connectivity index is 2.05. The van der Waals surface area contributed by atoms with Crippen LogP contribution in [0, 0.1) is 26.6 Å². The highest BCUT2D eigenvalue weighted by Crippen LogP contribution is 2.32. The van der Waals surface area contributed by atoms with Crippen molar-refractivity contribution >= 4 is 27.0 Å². The Hall–Kier alpha value is -2.19. The average molecular weight is 379 g/mol. The van der Waals surface area contributed by atoms with Crippen LogP contribution in [0.15, 0.2) is 35.2 Å². The van der Waals surface area contributed by atoms with Crippen LogP contribution in [0.1, 0.15) is 16.3 Å². The lowest BCUT2D eigenvalue weighted by Gasteiger charge is -2.08. The SMILES string of the molecule is Cc1nc(-c2cc(S(=O)(=O)Nc3ccccc3F)c(C)n2C)sc1C. The Bertz CT molecular complexity index is 1030. The van der Waals surface area contributed by atoms with Crippen LogP contribution in [0.25, 0.3) is 10.7 Å². The molecule has 3 aromatic rings. The highest BCUT2D eigenvalue weighted by molar-refractivity contribution is 7.92. The van der Waals surface area contributed by atoms with E-state index in [-0.39, 0.29) is 10.6 Å². The number of halogens is 1. The van der Waals surface area contributed by atoms with Gasteiger partial charge >= 0.3 is 0 Å². The second kappa shape index (κ2) is 6.27. The number of aryl methyl sites for hydroxylation is 2. The summed E-state index contributed by atoms with van der Waals surface area (Å²) in [5.41, 5.74) is 2.12. The molecule has 0 bridgehead atoms. The summed E-state index contributed by atoms with van der Waals surface area (Å²) in [6, 6.07) is 7.26. The molecule has 0 unspecified atom stereocenters. The van der Waals surface area contributed by atoms with Gasteiger partial charge in [0.25, 0.3) is 10.0 Å². The Morgan fingerprint density at radius 3 is 2.48 bits per heavy atom. The third-order valence-corrected chi connectivity index (χ3v) is 6.72. The van der Waals surface area contributed by atoms with Crippen LogP contribution in [-0.4, -0.2) is 18.0 Å². The van der Waals surface area contributed by atoms with Crippen molar-refractivity contribution in [2.24, 2.45) is 7.05 Å². The number of hydrogen-bond donors (Lipinski definition) is 1. The Kier molecular flexibility index (Phi) is 4.42. The number of thiazole rings is 1. The van der Waals surface area contributed by atoms with E-state index in [0.29, 0.717) is 11.4 Å². The van der Waals surface area contributed by atoms with E-state index in [2.05, 4.69) is 9.71 Å². The van der Waals surface area contributed by atoms with E-state index in [1.807, 2.05) is 13.8 Å². The molecular formula is C17H18FN3O2S2. The number of benzene rings is 1. The van der Waals surface area contributed by atoms with E-state index in [1.165, 1.54) is 29.5 Å². The van der Waals surface area contributed by atoms with E-state index >= 15 is 0 Å². The van der Waals surface area contributed by atoms with Gasteiger partial charge < -0.3 is 4.57 Å². The fourth-order valence-corrected chi connectivity index (χ4v) is 4.80. The summed E-state index contributed by atoms with van der Waals surface area (Å²) in [7, 11) is -2.12. The minimum atomic E-state index is -3.91. The van der Waals surface area contributed by atoms with Gasteiger partial charge in [-0.25, -0.2) is 17.8 Å². The van der Waals surface area contributed by atoms with E-state index in [0.717, 1.165) is 15.6 Å². The second-order valence-corrected chi connectivity index (χ2v) is 8.64. The first-order valence-electron chi connectivity index (χ1n) is 7.59. The molecule has 5 nitrogen and oxygen atoms in total. The third kappa shape index (κ3) is 3.19. The molecule has 0 saturated heterocycles. The molecule has 0 atom stereocenters. The van der Waals surface area contributed by atoms with Crippen molar-refractivity contribution in [2.75, 3.05) is 4.72 Å². The molecule has 0 aliphatic heterocycles. The standard InChI is InChI=1S/C17H18FN3O2S2/c1-10-12(3)24-17(19-10)15-9-16(11(2)21(15)4)25(22,23)20-14-8-6-5-7-13(14)18/h5-9,20H,1-4H3. The number of rotatable bonds is 4. The summed E-state index contributed by atoms with van der Waals surface area (Å²) in [6.07, 6.45) is 0. The molecule has 25 heavy (non-hydrogen) atoms. The van der Waals surface area contributed by atoms with Gasteiger partial charge in [0, 0.05) is 17.6 Å². The topological polar surface area (TPSA) is 64.0 Å². The molecule has 0 spiro atoms. The summed E-state index contributed by atoms with van der Waals surface area (Å²) < 4.78 is 43.4. The fourth-order valence-electron chi connectivity index (χ4n) is 2.47. The van der Waals surface area contributed by atoms with Gasteiger partial charge in [-0.2, -0.15) is 0 Å². The zero-order valence-corrected chi connectivity index (χ0v) is 15.9. The number of aromatic nitrogens is 2. The van der Waals surface area contributed by atoms with Gasteiger partial charge in [-0.15, -0.1) is 11.3 Å². The van der Waals surface area contributed by atoms with Crippen molar-refractivity contribution in [1.82, 2.24) is 9.55 Å². The van der Waals surface area contributed by atoms with Crippen molar-refractivity contribution in [2.45, 2.75) is 25.7 Å². The van der Waals surface area contributed by atoms with Crippen LogP contribution in [0.4, 0.5) is 10.1 Å². The lowest BCUT2D eigenvalue weighted by Crippen LogP contribution is -2.14. The molecule has 0 aliphatic carbocycles. The van der Waals surface area contributed by atoms with Gasteiger partial charge in [0.15, 0.2) is 0 Å². The molecule has 0 amide bonds. The van der Waals surface area contributed by atoms with Crippen LogP contribution in [0.5, 0.6) is 0 Å². The maximum absolute atomic E-state index is 13.8. The number of nitrogens with one attached hydrogen (secondary N) is 1. The van der Waals surface area contributed by atoms with Gasteiger partial charge in [0.05, 0.1) is 17.1 Å². The van der Waals surface area contributed by atoms with E-state index < -0.39 is 15.8 Å². The zero-order chi connectivity index (χ0) is 18.4. The van der Waals surface area contributed by atoms with Gasteiger partial charge in [-0.05, 0) is 39.0 Å². The maximum atomic E-state index is 13.8. The predicted octanol–water partition coefficient (Wildman–Crippen LogP) is 4.01. The van der Waals surface area contributed by atoms with Crippen LogP contribution in [0.3, 0.4) is 0 Å². The lowest BCUT2D eigenvalue weighted by molar-refractivity contribution is 0.597. The van der Waals surface area contributed by atoms with Crippen molar-refractivity contribution in [3.05, 3.63) is 52.4 Å². The lowest BCUT2D eigenvalue weighted by atomic mass is 10.3. The number of sulfonamides is 1. The quantitative estimate of drug-likeness (QED) is 0.745. The second-order valence-electron chi connectivity index (χ2n) is 5.78. The van der Waals surface area contributed by atoms with Gasteiger partial charge in [0.1, 0.15) is 15.7 Å². The molecule has 3 rings (SSSR count). The minimum absolute atomic E-state index is 0.0757. The van der Waals surface area contributed by atoms with Crippen molar-refractivity contribution in [3.8, 4) is 10.7 Å². The number of anilines is 1. The first-order chi connectivity index (χ1) is 11.7. The molecule has 2 aromatic heterocycles. The first-order valence-corrected chi connectivity index (χ1v) is 9.88. The summed E-state index contributed by atoms with van der Waals surface area (Å²) in [5.74, 6) is -0.619. The van der Waals surface area contributed by atoms with Crippen LogP contribution < -0.4 is 4.72 Å². The highest BCUT2D eigenvalue weighted by Gasteiger charge is 2.24. The molecule has 0 fully saturated rings.